The van der Waals surface area contributed by atoms with E-state index in [1.54, 1.807) is 19.2 Å². The lowest BCUT2D eigenvalue weighted by Crippen LogP contribution is -2.38. The number of rotatable bonds is 9. The van der Waals surface area contributed by atoms with Gasteiger partial charge in [0.25, 0.3) is 0 Å². The number of allylic oxidation sites excluding steroid dienone is 1. The summed E-state index contributed by atoms with van der Waals surface area (Å²) in [5.74, 6) is 1.01. The van der Waals surface area contributed by atoms with Gasteiger partial charge in [0.1, 0.15) is 0 Å². The van der Waals surface area contributed by atoms with Crippen molar-refractivity contribution in [1.82, 2.24) is 10.2 Å². The van der Waals surface area contributed by atoms with Gasteiger partial charge in [-0.25, -0.2) is 0 Å². The molecule has 0 saturated carbocycles. The van der Waals surface area contributed by atoms with E-state index < -0.39 is 6.61 Å². The highest BCUT2D eigenvalue weighted by atomic mass is 19.3. The number of hydrogen-bond donors (Lipinski definition) is 1. The van der Waals surface area contributed by atoms with Gasteiger partial charge < -0.3 is 19.7 Å². The summed E-state index contributed by atoms with van der Waals surface area (Å²) in [6.45, 7) is 2.08. The van der Waals surface area contributed by atoms with Crippen molar-refractivity contribution in [2.24, 2.45) is 4.99 Å². The second kappa shape index (κ2) is 10.5. The van der Waals surface area contributed by atoms with Crippen LogP contribution in [0.3, 0.4) is 0 Å². The number of unbranched alkanes of at least 4 members (excludes halogenated alkanes) is 1. The largest absolute Gasteiger partial charge is 0.493 e. The molecule has 0 aromatic heterocycles. The molecule has 0 fully saturated rings. The molecule has 5 nitrogen and oxygen atoms in total. The smallest absolute Gasteiger partial charge is 0.387 e. The molecule has 0 radical (unpaired) electrons. The fourth-order valence-corrected chi connectivity index (χ4v) is 2.16. The third-order valence-electron chi connectivity index (χ3n) is 3.37. The first-order valence-corrected chi connectivity index (χ1v) is 7.66. The number of benzene rings is 1. The zero-order valence-corrected chi connectivity index (χ0v) is 14.4. The lowest BCUT2D eigenvalue weighted by atomic mass is 10.2. The molecule has 0 unspecified atom stereocenters. The molecule has 0 amide bonds. The number of nitrogens with one attached hydrogen (secondary N) is 1. The quantitative estimate of drug-likeness (QED) is 0.324. The molecule has 0 aliphatic rings. The summed E-state index contributed by atoms with van der Waals surface area (Å²) in [4.78, 5) is 6.22. The van der Waals surface area contributed by atoms with Gasteiger partial charge in [0.05, 0.1) is 7.11 Å². The molecule has 134 valence electrons. The van der Waals surface area contributed by atoms with Crippen molar-refractivity contribution in [3.05, 3.63) is 36.4 Å². The first kappa shape index (κ1) is 19.7. The van der Waals surface area contributed by atoms with Crippen LogP contribution in [0.2, 0.25) is 0 Å². The summed E-state index contributed by atoms with van der Waals surface area (Å²) >= 11 is 0. The van der Waals surface area contributed by atoms with Gasteiger partial charge in [-0.3, -0.25) is 4.99 Å². The molecule has 1 aromatic carbocycles. The number of methoxy groups -OCH3 is 1. The Kier molecular flexibility index (Phi) is 8.60. The maximum absolute atomic E-state index is 12.5. The highest BCUT2D eigenvalue weighted by molar-refractivity contribution is 5.79. The van der Waals surface area contributed by atoms with Crippen LogP contribution in [0.25, 0.3) is 0 Å². The minimum atomic E-state index is -2.90. The molecule has 0 atom stereocenters. The van der Waals surface area contributed by atoms with E-state index in [0.29, 0.717) is 6.54 Å². The predicted molar refractivity (Wildman–Crippen MR) is 91.9 cm³/mol. The van der Waals surface area contributed by atoms with Gasteiger partial charge in [-0.2, -0.15) is 8.78 Å². The summed E-state index contributed by atoms with van der Waals surface area (Å²) in [5, 5.41) is 3.20. The highest BCUT2D eigenvalue weighted by Crippen LogP contribution is 2.29. The summed E-state index contributed by atoms with van der Waals surface area (Å²) in [7, 11) is 5.05. The fraction of sp³-hybridized carbons (Fsp3) is 0.471. The van der Waals surface area contributed by atoms with Crippen LogP contribution in [0.1, 0.15) is 18.4 Å². The third kappa shape index (κ3) is 6.44. The van der Waals surface area contributed by atoms with Crippen molar-refractivity contribution in [2.45, 2.75) is 26.0 Å². The van der Waals surface area contributed by atoms with Crippen LogP contribution in [-0.2, 0) is 6.54 Å². The monoisotopic (exact) mass is 341 g/mol. The normalized spacial score (nSPS) is 11.3. The minimum absolute atomic E-state index is 0.0149. The summed E-state index contributed by atoms with van der Waals surface area (Å²) in [5.41, 5.74) is 0.784. The number of nitrogens with zero attached hydrogens (tertiary/aromatic N) is 2. The molecule has 0 aliphatic heterocycles. The van der Waals surface area contributed by atoms with Crippen molar-refractivity contribution >= 4 is 5.96 Å². The Bertz CT molecular complexity index is 551. The van der Waals surface area contributed by atoms with E-state index in [9.17, 15) is 8.78 Å². The van der Waals surface area contributed by atoms with Gasteiger partial charge in [0, 0.05) is 27.2 Å². The van der Waals surface area contributed by atoms with E-state index in [2.05, 4.69) is 21.6 Å². The zero-order valence-electron chi connectivity index (χ0n) is 14.4. The SMILES string of the molecule is C=CCCCN(C)C(=NC)NCc1ccc(OC)c(OC(F)F)c1. The highest BCUT2D eigenvalue weighted by Gasteiger charge is 2.12. The Morgan fingerprint density at radius 2 is 2.17 bits per heavy atom. The van der Waals surface area contributed by atoms with Crippen LogP contribution in [0.5, 0.6) is 11.5 Å². The maximum Gasteiger partial charge on any atom is 0.387 e. The second-order valence-electron chi connectivity index (χ2n) is 5.12. The number of aliphatic imine (C=N–C) groups is 1. The Morgan fingerprint density at radius 1 is 1.42 bits per heavy atom. The zero-order chi connectivity index (χ0) is 17.9. The molecular formula is C17H25F2N3O2. The average Bonchev–Trinajstić information content (AvgIpc) is 2.55. The number of ether oxygens (including phenoxy) is 2. The van der Waals surface area contributed by atoms with Crippen LogP contribution < -0.4 is 14.8 Å². The molecule has 7 heteroatoms. The van der Waals surface area contributed by atoms with E-state index in [1.165, 1.54) is 13.2 Å². The Morgan fingerprint density at radius 3 is 2.75 bits per heavy atom. The summed E-state index contributed by atoms with van der Waals surface area (Å²) in [6, 6.07) is 4.92. The van der Waals surface area contributed by atoms with Crippen molar-refractivity contribution in [3.63, 3.8) is 0 Å². The second-order valence-corrected chi connectivity index (χ2v) is 5.12. The molecule has 0 heterocycles. The summed E-state index contributed by atoms with van der Waals surface area (Å²) in [6.07, 6.45) is 3.80. The molecule has 1 rings (SSSR count). The van der Waals surface area contributed by atoms with Gasteiger partial charge >= 0.3 is 6.61 Å². The number of hydrogen-bond acceptors (Lipinski definition) is 3. The molecule has 1 N–H and O–H groups in total. The first-order valence-electron chi connectivity index (χ1n) is 7.66. The van der Waals surface area contributed by atoms with E-state index in [0.717, 1.165) is 30.9 Å². The standard InChI is InChI=1S/C17H25F2N3O2/c1-5-6-7-10-22(3)17(20-2)21-12-13-8-9-14(23-4)15(11-13)24-16(18)19/h5,8-9,11,16H,1,6-7,10,12H2,2-4H3,(H,20,21). The van der Waals surface area contributed by atoms with Gasteiger partial charge in [-0.15, -0.1) is 6.58 Å². The van der Waals surface area contributed by atoms with Gasteiger partial charge in [-0.05, 0) is 30.5 Å². The fourth-order valence-electron chi connectivity index (χ4n) is 2.16. The van der Waals surface area contributed by atoms with E-state index >= 15 is 0 Å². The minimum Gasteiger partial charge on any atom is -0.493 e. The molecule has 24 heavy (non-hydrogen) atoms. The molecule has 0 aliphatic carbocycles. The first-order chi connectivity index (χ1) is 11.5. The molecular weight excluding hydrogens is 316 g/mol. The lowest BCUT2D eigenvalue weighted by molar-refractivity contribution is -0.0512. The van der Waals surface area contributed by atoms with Crippen LogP contribution in [0.15, 0.2) is 35.8 Å². The molecule has 1 aromatic rings. The molecule has 0 saturated heterocycles. The van der Waals surface area contributed by atoms with Crippen LogP contribution >= 0.6 is 0 Å². The number of guanidine groups is 1. The van der Waals surface area contributed by atoms with Gasteiger partial charge in [-0.1, -0.05) is 12.1 Å². The predicted octanol–water partition coefficient (Wildman–Crippen LogP) is 3.27. The van der Waals surface area contributed by atoms with Gasteiger partial charge in [0.15, 0.2) is 17.5 Å². The topological polar surface area (TPSA) is 46.1 Å². The molecule has 0 spiro atoms. The van der Waals surface area contributed by atoms with E-state index in [4.69, 9.17) is 4.74 Å². The van der Waals surface area contributed by atoms with E-state index in [1.807, 2.05) is 18.0 Å². The van der Waals surface area contributed by atoms with Crippen LogP contribution in [-0.4, -0.2) is 45.2 Å². The lowest BCUT2D eigenvalue weighted by Gasteiger charge is -2.22. The Labute approximate surface area is 142 Å². The average molecular weight is 341 g/mol. The maximum atomic E-state index is 12.5. The Hall–Kier alpha value is -2.31. The van der Waals surface area contributed by atoms with Crippen molar-refractivity contribution in [2.75, 3.05) is 27.7 Å². The third-order valence-corrected chi connectivity index (χ3v) is 3.37. The van der Waals surface area contributed by atoms with Crippen molar-refractivity contribution in [1.29, 1.82) is 0 Å². The van der Waals surface area contributed by atoms with Crippen molar-refractivity contribution in [3.8, 4) is 11.5 Å². The Balaban J connectivity index is 2.69. The van der Waals surface area contributed by atoms with E-state index in [-0.39, 0.29) is 11.5 Å². The summed E-state index contributed by atoms with van der Waals surface area (Å²) < 4.78 is 34.4. The number of alkyl halides is 2. The van der Waals surface area contributed by atoms with Crippen molar-refractivity contribution < 1.29 is 18.3 Å². The van der Waals surface area contributed by atoms with Crippen LogP contribution in [0.4, 0.5) is 8.78 Å². The van der Waals surface area contributed by atoms with Gasteiger partial charge in [0.2, 0.25) is 0 Å². The van der Waals surface area contributed by atoms with Crippen LogP contribution in [0, 0.1) is 0 Å². The number of halogens is 2. The molecule has 0 bridgehead atoms.